The maximum atomic E-state index is 15.8. The van der Waals surface area contributed by atoms with E-state index in [-0.39, 0.29) is 60.9 Å². The Bertz CT molecular complexity index is 2830. The molecule has 0 bridgehead atoms. The molecule has 5 aromatic rings. The van der Waals surface area contributed by atoms with E-state index in [1.165, 1.54) is 36.4 Å². The maximum absolute atomic E-state index is 15.8. The average Bonchev–Trinajstić information content (AvgIpc) is 4.00. The van der Waals surface area contributed by atoms with Gasteiger partial charge in [0.1, 0.15) is 40.8 Å². The summed E-state index contributed by atoms with van der Waals surface area (Å²) in [7, 11) is -1.20. The molecule has 1 aliphatic carbocycles. The number of sulfonamides is 1. The molecule has 3 aromatic heterocycles. The Labute approximate surface area is 401 Å². The van der Waals surface area contributed by atoms with E-state index in [0.29, 0.717) is 35.2 Å². The van der Waals surface area contributed by atoms with Crippen LogP contribution in [0, 0.1) is 15.5 Å². The smallest absolute Gasteiger partial charge is 0.312 e. The highest BCUT2D eigenvalue weighted by molar-refractivity contribution is 7.90. The lowest BCUT2D eigenvalue weighted by Gasteiger charge is -2.56. The van der Waals surface area contributed by atoms with E-state index in [0.717, 1.165) is 68.9 Å². The van der Waals surface area contributed by atoms with E-state index < -0.39 is 43.7 Å². The summed E-state index contributed by atoms with van der Waals surface area (Å²) in [5.41, 5.74) is 0.997. The van der Waals surface area contributed by atoms with Crippen molar-refractivity contribution in [2.24, 2.45) is 5.41 Å². The van der Waals surface area contributed by atoms with Crippen molar-refractivity contribution in [2.75, 3.05) is 64.9 Å². The van der Waals surface area contributed by atoms with Gasteiger partial charge in [-0.2, -0.15) is 0 Å². The molecule has 1 unspecified atom stereocenters. The molecular formula is C50H60FN9O8S. The number of H-pyrrole nitrogens is 1. The number of fused-ring (bicyclic) bond motifs is 1. The third-order valence-corrected chi connectivity index (χ3v) is 15.9. The second-order valence-corrected chi connectivity index (χ2v) is 21.5. The summed E-state index contributed by atoms with van der Waals surface area (Å²) in [6.07, 6.45) is 11.1. The predicted molar refractivity (Wildman–Crippen MR) is 258 cm³/mol. The van der Waals surface area contributed by atoms with Gasteiger partial charge in [-0.05, 0) is 106 Å². The van der Waals surface area contributed by atoms with Crippen molar-refractivity contribution in [2.45, 2.75) is 93.8 Å². The molecule has 4 aliphatic rings. The van der Waals surface area contributed by atoms with E-state index in [1.807, 2.05) is 10.8 Å². The molecule has 1 spiro atoms. The van der Waals surface area contributed by atoms with Crippen LogP contribution in [-0.2, 0) is 14.8 Å². The van der Waals surface area contributed by atoms with E-state index in [2.05, 4.69) is 62.9 Å². The molecule has 6 heterocycles. The summed E-state index contributed by atoms with van der Waals surface area (Å²) in [5.74, 6) is -0.170. The van der Waals surface area contributed by atoms with Gasteiger partial charge in [0, 0.05) is 81.0 Å². The summed E-state index contributed by atoms with van der Waals surface area (Å²) in [5, 5.41) is 13.0. The van der Waals surface area contributed by atoms with Crippen LogP contribution < -0.4 is 19.1 Å². The summed E-state index contributed by atoms with van der Waals surface area (Å²) in [6, 6.07) is 18.0. The first-order valence-corrected chi connectivity index (χ1v) is 25.3. The van der Waals surface area contributed by atoms with Gasteiger partial charge in [-0.15, -0.1) is 0 Å². The molecule has 9 rings (SSSR count). The fourth-order valence-corrected chi connectivity index (χ4v) is 11.7. The molecule has 2 amide bonds. The number of piperidine rings is 2. The number of nitro benzene ring substituents is 1. The molecule has 0 radical (unpaired) electrons. The fourth-order valence-electron chi connectivity index (χ4n) is 10.7. The number of hydrogen-bond donors (Lipinski definition) is 2. The molecular weight excluding hydrogens is 906 g/mol. The number of hydrogen-bond acceptors (Lipinski definition) is 13. The molecule has 69 heavy (non-hydrogen) atoms. The first-order chi connectivity index (χ1) is 33.0. The van der Waals surface area contributed by atoms with Crippen LogP contribution in [0.1, 0.15) is 98.7 Å². The number of aromatic nitrogens is 3. The number of ether oxygens (including phenoxy) is 2. The molecule has 3 aliphatic heterocycles. The zero-order valence-electron chi connectivity index (χ0n) is 39.5. The number of nitro groups is 1. The van der Waals surface area contributed by atoms with E-state index >= 15 is 4.39 Å². The number of halogens is 1. The third-order valence-electron chi connectivity index (χ3n) is 14.5. The standard InChI is InChI=1S/C50H60FN9O8S/c1-33(2)38-8-5-6-9-39(38)41-10-7-19-59(41)35-27-49(28-35)14-20-57(21-15-49)45-26-44(68-36-24-34-13-18-52-47(34)54-29-36)40(30-53-45)48(62)55-69(65,66)37-11-12-43(42(25-37)60(63)64)67-32-50(51)16-22-58(23-17-50)46(61)31-56(3)4/h5-6,8-9,11-13,18,24-26,29-30,33,35,41H,7,10,14-17,19-23,27-28,31-32H2,1-4H3,(H,52,54)(H,55,62). The van der Waals surface area contributed by atoms with Crippen LogP contribution in [-0.4, -0.2) is 126 Å². The van der Waals surface area contributed by atoms with E-state index in [4.69, 9.17) is 9.47 Å². The number of likely N-dealkylation sites (tertiary alicyclic amines) is 2. The SMILES string of the molecule is CC(C)c1ccccc1C1CCCN1C1CC2(CCN(c3cc(Oc4cnc5[nH]ccc5c4)c(C(=O)NS(=O)(=O)c4ccc(OCC5(F)CCN(C(=O)CN(C)C)CC5)c([N+](=O)[O-])c4)cn3)CC2)C1. The van der Waals surface area contributed by atoms with E-state index in [9.17, 15) is 28.1 Å². The Morgan fingerprint density at radius 2 is 1.72 bits per heavy atom. The number of aromatic amines is 1. The molecule has 17 nitrogen and oxygen atoms in total. The number of rotatable bonds is 15. The van der Waals surface area contributed by atoms with Gasteiger partial charge in [0.2, 0.25) is 5.91 Å². The van der Waals surface area contributed by atoms with Crippen molar-refractivity contribution in [3.05, 3.63) is 106 Å². The fraction of sp³-hybridized carbons (Fsp3) is 0.480. The highest BCUT2D eigenvalue weighted by Crippen LogP contribution is 2.54. The zero-order chi connectivity index (χ0) is 48.7. The number of carbonyl (C=O) groups excluding carboxylic acids is 2. The summed E-state index contributed by atoms with van der Waals surface area (Å²) in [4.78, 5) is 57.5. The number of carbonyl (C=O) groups is 2. The van der Waals surface area contributed by atoms with Gasteiger partial charge >= 0.3 is 5.69 Å². The van der Waals surface area contributed by atoms with Crippen LogP contribution in [0.4, 0.5) is 15.9 Å². The highest BCUT2D eigenvalue weighted by Gasteiger charge is 2.50. The number of amides is 2. The van der Waals surface area contributed by atoms with Crippen molar-refractivity contribution in [1.29, 1.82) is 0 Å². The largest absolute Gasteiger partial charge is 0.483 e. The minimum Gasteiger partial charge on any atom is -0.483 e. The van der Waals surface area contributed by atoms with Crippen LogP contribution in [0.2, 0.25) is 0 Å². The Balaban J connectivity index is 0.879. The first-order valence-electron chi connectivity index (χ1n) is 23.8. The van der Waals surface area contributed by atoms with Crippen molar-refractivity contribution in [3.8, 4) is 17.2 Å². The summed E-state index contributed by atoms with van der Waals surface area (Å²) in [6.45, 7) is 7.12. The molecule has 3 saturated heterocycles. The minimum absolute atomic E-state index is 0.0368. The van der Waals surface area contributed by atoms with Gasteiger partial charge in [-0.1, -0.05) is 38.1 Å². The quantitative estimate of drug-likeness (QED) is 0.0764. The Kier molecular flexibility index (Phi) is 13.4. The lowest BCUT2D eigenvalue weighted by atomic mass is 9.60. The lowest BCUT2D eigenvalue weighted by molar-refractivity contribution is -0.386. The Morgan fingerprint density at radius 3 is 2.45 bits per heavy atom. The van der Waals surface area contributed by atoms with Crippen LogP contribution in [0.15, 0.2) is 84.1 Å². The van der Waals surface area contributed by atoms with E-state index in [1.54, 1.807) is 42.2 Å². The maximum Gasteiger partial charge on any atom is 0.312 e. The molecule has 2 aromatic carbocycles. The second-order valence-electron chi connectivity index (χ2n) is 19.8. The Hall–Kier alpha value is -6.18. The van der Waals surface area contributed by atoms with Gasteiger partial charge in [-0.3, -0.25) is 24.6 Å². The monoisotopic (exact) mass is 965 g/mol. The van der Waals surface area contributed by atoms with Crippen molar-refractivity contribution in [3.63, 3.8) is 0 Å². The molecule has 366 valence electrons. The molecule has 19 heteroatoms. The highest BCUT2D eigenvalue weighted by atomic mass is 32.2. The van der Waals surface area contributed by atoms with Crippen molar-refractivity contribution < 1.29 is 36.8 Å². The molecule has 1 atom stereocenters. The third kappa shape index (κ3) is 10.3. The van der Waals surface area contributed by atoms with Gasteiger partial charge < -0.3 is 29.2 Å². The zero-order valence-corrected chi connectivity index (χ0v) is 40.3. The predicted octanol–water partition coefficient (Wildman–Crippen LogP) is 7.76. The number of alkyl halides is 1. The second kappa shape index (κ2) is 19.3. The normalized spacial score (nSPS) is 19.6. The minimum atomic E-state index is -4.73. The number of nitrogens with zero attached hydrogens (tertiary/aromatic N) is 7. The number of anilines is 1. The molecule has 4 fully saturated rings. The number of nitrogens with one attached hydrogen (secondary N) is 2. The van der Waals surface area contributed by atoms with Gasteiger partial charge in [-0.25, -0.2) is 27.5 Å². The van der Waals surface area contributed by atoms with Crippen LogP contribution >= 0.6 is 0 Å². The van der Waals surface area contributed by atoms with Crippen molar-refractivity contribution >= 4 is 44.4 Å². The van der Waals surface area contributed by atoms with Gasteiger partial charge in [0.15, 0.2) is 5.75 Å². The summed E-state index contributed by atoms with van der Waals surface area (Å²) < 4.78 is 57.3. The number of benzene rings is 2. The van der Waals surface area contributed by atoms with Gasteiger partial charge in [0.05, 0.1) is 22.6 Å². The summed E-state index contributed by atoms with van der Waals surface area (Å²) >= 11 is 0. The van der Waals surface area contributed by atoms with Gasteiger partial charge in [0.25, 0.3) is 15.9 Å². The molecule has 1 saturated carbocycles. The van der Waals surface area contributed by atoms with Crippen molar-refractivity contribution in [1.82, 2.24) is 34.4 Å². The van der Waals surface area contributed by atoms with Crippen LogP contribution in [0.5, 0.6) is 17.2 Å². The lowest BCUT2D eigenvalue weighted by Crippen LogP contribution is -2.55. The number of pyridine rings is 2. The van der Waals surface area contributed by atoms with Crippen LogP contribution in [0.25, 0.3) is 11.0 Å². The average molecular weight is 966 g/mol. The topological polar surface area (TPSA) is 196 Å². The Morgan fingerprint density at radius 1 is 0.971 bits per heavy atom. The van der Waals surface area contributed by atoms with Crippen LogP contribution in [0.3, 0.4) is 0 Å². The molecule has 2 N–H and O–H groups in total. The number of likely N-dealkylation sites (N-methyl/N-ethyl adjacent to an activating group) is 1. The first kappa shape index (κ1) is 47.9.